The van der Waals surface area contributed by atoms with E-state index in [2.05, 4.69) is 6.92 Å². The second kappa shape index (κ2) is 2.70. The normalized spacial score (nSPS) is 35.6. The number of halogens is 1. The lowest BCUT2D eigenvalue weighted by molar-refractivity contribution is -0.119. The molecule has 2 nitrogen and oxygen atoms in total. The zero-order chi connectivity index (χ0) is 8.48. The van der Waals surface area contributed by atoms with E-state index in [0.717, 1.165) is 0 Å². The van der Waals surface area contributed by atoms with E-state index in [9.17, 15) is 4.79 Å². The van der Waals surface area contributed by atoms with Gasteiger partial charge in [-0.3, -0.25) is 4.79 Å². The third-order valence-corrected chi connectivity index (χ3v) is 2.30. The van der Waals surface area contributed by atoms with Crippen molar-refractivity contribution in [1.29, 1.82) is 0 Å². The highest BCUT2D eigenvalue weighted by Gasteiger charge is 2.37. The predicted molar refractivity (Wildman–Crippen MR) is 44.9 cm³/mol. The molecular weight excluding hydrogens is 162 g/mol. The first-order valence-electron chi connectivity index (χ1n) is 3.25. The maximum absolute atomic E-state index is 10.9. The van der Waals surface area contributed by atoms with Gasteiger partial charge in [0.05, 0.1) is 0 Å². The maximum Gasteiger partial charge on any atom is 0.243 e. The van der Waals surface area contributed by atoms with Gasteiger partial charge in [-0.25, -0.2) is 0 Å². The molecule has 0 fully saturated rings. The van der Waals surface area contributed by atoms with Crippen molar-refractivity contribution in [1.82, 2.24) is 0 Å². The Labute approximate surface area is 70.7 Å². The monoisotopic (exact) mass is 170 g/mol. The van der Waals surface area contributed by atoms with Gasteiger partial charge in [0, 0.05) is 5.92 Å². The zero-order valence-corrected chi connectivity index (χ0v) is 6.71. The van der Waals surface area contributed by atoms with Crippen LogP contribution >= 0.6 is 11.6 Å². The van der Waals surface area contributed by atoms with Crippen LogP contribution in [0.25, 0.3) is 0 Å². The van der Waals surface area contributed by atoms with Crippen LogP contribution in [0.5, 0.6) is 0 Å². The number of nitrogens with two attached hydrogens (primary N) is 1. The fourth-order valence-corrected chi connectivity index (χ4v) is 1.07. The molecule has 2 unspecified atom stereocenters. The van der Waals surface area contributed by atoms with Crippen molar-refractivity contribution >= 4 is 17.5 Å². The van der Waals surface area contributed by atoms with Crippen molar-refractivity contribution in [3.05, 3.63) is 31.2 Å². The van der Waals surface area contributed by atoms with E-state index in [-0.39, 0.29) is 5.92 Å². The summed E-state index contributed by atoms with van der Waals surface area (Å²) in [7, 11) is 0. The summed E-state index contributed by atoms with van der Waals surface area (Å²) in [6, 6.07) is 0. The van der Waals surface area contributed by atoms with Crippen LogP contribution in [0.2, 0.25) is 0 Å². The minimum atomic E-state index is -1.13. The van der Waals surface area contributed by atoms with Gasteiger partial charge in [0.2, 0.25) is 5.91 Å². The number of rotatable bonds is 1. The highest BCUT2D eigenvalue weighted by molar-refractivity contribution is 6.36. The summed E-state index contributed by atoms with van der Waals surface area (Å²) in [5, 5.41) is 0. The van der Waals surface area contributed by atoms with Gasteiger partial charge >= 0.3 is 0 Å². The third-order valence-electron chi connectivity index (χ3n) is 1.71. The van der Waals surface area contributed by atoms with Gasteiger partial charge in [-0.1, -0.05) is 24.3 Å². The molecule has 1 amide bonds. The number of primary amides is 1. The van der Waals surface area contributed by atoms with Gasteiger partial charge in [-0.05, 0) is 6.92 Å². The molecule has 0 aromatic carbocycles. The Morgan fingerprint density at radius 3 is 2.64 bits per heavy atom. The number of alkyl halides is 1. The third kappa shape index (κ3) is 1.31. The average molecular weight is 171 g/mol. The molecule has 0 heterocycles. The highest BCUT2D eigenvalue weighted by atomic mass is 35.5. The minimum Gasteiger partial charge on any atom is -0.368 e. The largest absolute Gasteiger partial charge is 0.368 e. The van der Waals surface area contributed by atoms with Crippen molar-refractivity contribution in [3.8, 4) is 0 Å². The van der Waals surface area contributed by atoms with Crippen molar-refractivity contribution in [2.24, 2.45) is 11.7 Å². The average Bonchev–Trinajstić information content (AvgIpc) is 1.95. The van der Waals surface area contributed by atoms with Gasteiger partial charge in [-0.2, -0.15) is 0 Å². The first-order valence-corrected chi connectivity index (χ1v) is 3.63. The van der Waals surface area contributed by atoms with Crippen molar-refractivity contribution < 1.29 is 4.79 Å². The summed E-state index contributed by atoms with van der Waals surface area (Å²) < 4.78 is 0. The molecule has 0 spiro atoms. The quantitative estimate of drug-likeness (QED) is 0.587. The molecule has 0 bridgehead atoms. The van der Waals surface area contributed by atoms with Crippen molar-refractivity contribution in [2.45, 2.75) is 4.87 Å². The van der Waals surface area contributed by atoms with E-state index < -0.39 is 10.8 Å². The molecule has 1 rings (SSSR count). The maximum atomic E-state index is 10.9. The lowest BCUT2D eigenvalue weighted by Gasteiger charge is -2.26. The molecule has 0 aliphatic heterocycles. The molecule has 1 radical (unpaired) electrons. The molecule has 59 valence electrons. The Kier molecular flexibility index (Phi) is 2.05. The van der Waals surface area contributed by atoms with Gasteiger partial charge < -0.3 is 5.73 Å². The fraction of sp³-hybridized carbons (Fsp3) is 0.250. The number of carbonyl (C=O) groups excluding carboxylic acids is 1. The molecule has 1 aliphatic rings. The second-order valence-corrected chi connectivity index (χ2v) is 3.11. The summed E-state index contributed by atoms with van der Waals surface area (Å²) >= 11 is 5.89. The van der Waals surface area contributed by atoms with Crippen LogP contribution in [-0.2, 0) is 4.79 Å². The van der Waals surface area contributed by atoms with E-state index in [1.165, 1.54) is 0 Å². The number of amides is 1. The van der Waals surface area contributed by atoms with Gasteiger partial charge in [-0.15, -0.1) is 11.6 Å². The van der Waals surface area contributed by atoms with Crippen LogP contribution in [0.4, 0.5) is 0 Å². The van der Waals surface area contributed by atoms with Crippen molar-refractivity contribution in [3.63, 3.8) is 0 Å². The number of carbonyl (C=O) groups is 1. The number of allylic oxidation sites excluding steroid dienone is 3. The van der Waals surface area contributed by atoms with E-state index in [4.69, 9.17) is 17.3 Å². The molecule has 0 aromatic heterocycles. The predicted octanol–water partition coefficient (Wildman–Crippen LogP) is 1.03. The highest BCUT2D eigenvalue weighted by Crippen LogP contribution is 2.30. The molecule has 0 saturated heterocycles. The minimum absolute atomic E-state index is 0.285. The van der Waals surface area contributed by atoms with Crippen molar-refractivity contribution in [2.75, 3.05) is 0 Å². The van der Waals surface area contributed by atoms with E-state index in [0.29, 0.717) is 0 Å². The van der Waals surface area contributed by atoms with Crippen LogP contribution in [0, 0.1) is 12.8 Å². The lowest BCUT2D eigenvalue weighted by Crippen LogP contribution is -2.42. The lowest BCUT2D eigenvalue weighted by atomic mass is 9.88. The van der Waals surface area contributed by atoms with Gasteiger partial charge in [0.15, 0.2) is 0 Å². The van der Waals surface area contributed by atoms with E-state index >= 15 is 0 Å². The van der Waals surface area contributed by atoms with E-state index in [1.807, 2.05) is 0 Å². The molecule has 1 aliphatic carbocycles. The molecule has 0 aromatic rings. The van der Waals surface area contributed by atoms with Crippen LogP contribution in [0.3, 0.4) is 0 Å². The van der Waals surface area contributed by atoms with E-state index in [1.54, 1.807) is 24.3 Å². The fourth-order valence-electron chi connectivity index (χ4n) is 0.922. The van der Waals surface area contributed by atoms with Crippen LogP contribution in [0.15, 0.2) is 24.3 Å². The van der Waals surface area contributed by atoms with Gasteiger partial charge in [0.25, 0.3) is 0 Å². The summed E-state index contributed by atoms with van der Waals surface area (Å²) in [6.45, 7) is 3.70. The first kappa shape index (κ1) is 8.34. The summed E-state index contributed by atoms with van der Waals surface area (Å²) in [5.41, 5.74) is 5.10. The Hall–Kier alpha value is -0.760. The Bertz CT molecular complexity index is 234. The Morgan fingerprint density at radius 2 is 2.27 bits per heavy atom. The number of hydrogen-bond donors (Lipinski definition) is 1. The Morgan fingerprint density at radius 1 is 1.64 bits per heavy atom. The molecule has 2 N–H and O–H groups in total. The molecule has 3 heteroatoms. The SMILES string of the molecule is [CH2]C1C=CC=CC1(Cl)C(N)=O. The Balaban J connectivity index is 2.94. The standard InChI is InChI=1S/C8H9ClNO/c1-6-4-2-3-5-8(6,9)7(10)11/h2-6H,1H2,(H2,10,11). The summed E-state index contributed by atoms with van der Waals surface area (Å²) in [4.78, 5) is 9.72. The molecule has 2 atom stereocenters. The van der Waals surface area contributed by atoms with Crippen LogP contribution in [-0.4, -0.2) is 10.8 Å². The molecule has 0 saturated carbocycles. The zero-order valence-electron chi connectivity index (χ0n) is 5.96. The smallest absolute Gasteiger partial charge is 0.243 e. The second-order valence-electron chi connectivity index (χ2n) is 2.48. The number of hydrogen-bond acceptors (Lipinski definition) is 1. The molecule has 11 heavy (non-hydrogen) atoms. The van der Waals surface area contributed by atoms with Crippen LogP contribution in [0.1, 0.15) is 0 Å². The topological polar surface area (TPSA) is 43.1 Å². The van der Waals surface area contributed by atoms with Crippen LogP contribution < -0.4 is 5.73 Å². The summed E-state index contributed by atoms with van der Waals surface area (Å²) in [5.74, 6) is -0.841. The molecular formula is C8H9ClNO. The van der Waals surface area contributed by atoms with Gasteiger partial charge in [0.1, 0.15) is 4.87 Å². The summed E-state index contributed by atoms with van der Waals surface area (Å²) in [6.07, 6.45) is 6.80. The first-order chi connectivity index (χ1) is 5.07.